The number of nitrogens with zero attached hydrogens (tertiary/aromatic N) is 3. The zero-order valence-electron chi connectivity index (χ0n) is 10.5. The fourth-order valence-electron chi connectivity index (χ4n) is 2.06. The summed E-state index contributed by atoms with van der Waals surface area (Å²) in [7, 11) is 1.83. The maximum Gasteiger partial charge on any atom is 0.224 e. The molecule has 0 amide bonds. The molecule has 5 nitrogen and oxygen atoms in total. The fourth-order valence-corrected chi connectivity index (χ4v) is 2.06. The van der Waals surface area contributed by atoms with Crippen molar-refractivity contribution in [2.45, 2.75) is 25.9 Å². The number of ether oxygens (including phenoxy) is 1. The van der Waals surface area contributed by atoms with Crippen molar-refractivity contribution in [1.29, 1.82) is 0 Å². The molecule has 2 rings (SSSR count). The third-order valence-electron chi connectivity index (χ3n) is 3.02. The third kappa shape index (κ3) is 3.06. The first-order chi connectivity index (χ1) is 8.33. The van der Waals surface area contributed by atoms with E-state index in [0.29, 0.717) is 12.1 Å². The Labute approximate surface area is 102 Å². The van der Waals surface area contributed by atoms with Crippen LogP contribution in [0.5, 0.6) is 0 Å². The molecule has 0 saturated carbocycles. The van der Waals surface area contributed by atoms with Crippen LogP contribution < -0.4 is 10.2 Å². The molecule has 1 fully saturated rings. The summed E-state index contributed by atoms with van der Waals surface area (Å²) in [4.78, 5) is 10.8. The van der Waals surface area contributed by atoms with Gasteiger partial charge >= 0.3 is 0 Å². The lowest BCUT2D eigenvalue weighted by atomic mass is 10.2. The SMILES string of the molecule is CCN(CC1CCCO1)c1ccnc(NC)n1. The van der Waals surface area contributed by atoms with Gasteiger partial charge in [0.15, 0.2) is 0 Å². The molecule has 1 aliphatic rings. The van der Waals surface area contributed by atoms with E-state index in [1.807, 2.05) is 13.1 Å². The number of hydrogen-bond acceptors (Lipinski definition) is 5. The number of nitrogens with one attached hydrogen (secondary N) is 1. The summed E-state index contributed by atoms with van der Waals surface area (Å²) >= 11 is 0. The fraction of sp³-hybridized carbons (Fsp3) is 0.667. The zero-order valence-corrected chi connectivity index (χ0v) is 10.5. The van der Waals surface area contributed by atoms with Gasteiger partial charge in [-0.3, -0.25) is 0 Å². The second-order valence-electron chi connectivity index (χ2n) is 4.16. The molecule has 1 aromatic heterocycles. The van der Waals surface area contributed by atoms with Crippen LogP contribution in [-0.4, -0.2) is 42.8 Å². The van der Waals surface area contributed by atoms with Gasteiger partial charge in [-0.25, -0.2) is 4.98 Å². The molecule has 1 unspecified atom stereocenters. The van der Waals surface area contributed by atoms with Crippen LogP contribution >= 0.6 is 0 Å². The van der Waals surface area contributed by atoms with E-state index in [9.17, 15) is 0 Å². The minimum absolute atomic E-state index is 0.350. The molecule has 17 heavy (non-hydrogen) atoms. The van der Waals surface area contributed by atoms with Crippen LogP contribution in [0.1, 0.15) is 19.8 Å². The molecule has 94 valence electrons. The van der Waals surface area contributed by atoms with Crippen LogP contribution in [0.15, 0.2) is 12.3 Å². The molecule has 1 aliphatic heterocycles. The first-order valence-corrected chi connectivity index (χ1v) is 6.21. The lowest BCUT2D eigenvalue weighted by Gasteiger charge is -2.25. The standard InChI is InChI=1S/C12H20N4O/c1-3-16(9-10-5-4-8-17-10)11-6-7-14-12(13-2)15-11/h6-7,10H,3-5,8-9H2,1-2H3,(H,13,14,15). The monoisotopic (exact) mass is 236 g/mol. The highest BCUT2D eigenvalue weighted by atomic mass is 16.5. The van der Waals surface area contributed by atoms with E-state index >= 15 is 0 Å². The predicted molar refractivity (Wildman–Crippen MR) is 68.4 cm³/mol. The van der Waals surface area contributed by atoms with E-state index in [1.54, 1.807) is 6.20 Å². The zero-order chi connectivity index (χ0) is 12.1. The normalized spacial score (nSPS) is 19.3. The number of anilines is 2. The predicted octanol–water partition coefficient (Wildman–Crippen LogP) is 1.52. The Balaban J connectivity index is 2.04. The molecular weight excluding hydrogens is 216 g/mol. The summed E-state index contributed by atoms with van der Waals surface area (Å²) in [5.41, 5.74) is 0. The Kier molecular flexibility index (Phi) is 4.14. The van der Waals surface area contributed by atoms with Gasteiger partial charge in [-0.15, -0.1) is 0 Å². The maximum absolute atomic E-state index is 5.66. The van der Waals surface area contributed by atoms with E-state index in [0.717, 1.165) is 31.9 Å². The van der Waals surface area contributed by atoms with E-state index in [2.05, 4.69) is 27.1 Å². The van der Waals surface area contributed by atoms with Gasteiger partial charge < -0.3 is 15.0 Å². The quantitative estimate of drug-likeness (QED) is 0.840. The van der Waals surface area contributed by atoms with E-state index in [-0.39, 0.29) is 0 Å². The van der Waals surface area contributed by atoms with Gasteiger partial charge in [0, 0.05) is 32.9 Å². The van der Waals surface area contributed by atoms with Crippen molar-refractivity contribution in [1.82, 2.24) is 9.97 Å². The van der Waals surface area contributed by atoms with Crippen molar-refractivity contribution < 1.29 is 4.74 Å². The molecule has 0 aromatic carbocycles. The van der Waals surface area contributed by atoms with Gasteiger partial charge in [-0.05, 0) is 25.8 Å². The molecule has 0 radical (unpaired) electrons. The molecule has 1 N–H and O–H groups in total. The Morgan fingerprint density at radius 1 is 1.59 bits per heavy atom. The minimum Gasteiger partial charge on any atom is -0.376 e. The van der Waals surface area contributed by atoms with Crippen LogP contribution in [0.2, 0.25) is 0 Å². The number of hydrogen-bond donors (Lipinski definition) is 1. The number of rotatable bonds is 5. The highest BCUT2D eigenvalue weighted by molar-refractivity contribution is 5.42. The van der Waals surface area contributed by atoms with Crippen molar-refractivity contribution in [2.24, 2.45) is 0 Å². The van der Waals surface area contributed by atoms with Crippen LogP contribution in [0, 0.1) is 0 Å². The average Bonchev–Trinajstić information content (AvgIpc) is 2.89. The largest absolute Gasteiger partial charge is 0.376 e. The van der Waals surface area contributed by atoms with Gasteiger partial charge in [-0.1, -0.05) is 0 Å². The molecule has 2 heterocycles. The lowest BCUT2D eigenvalue weighted by Crippen LogP contribution is -2.32. The third-order valence-corrected chi connectivity index (χ3v) is 3.02. The molecule has 1 atom stereocenters. The Morgan fingerprint density at radius 3 is 3.12 bits per heavy atom. The lowest BCUT2D eigenvalue weighted by molar-refractivity contribution is 0.115. The van der Waals surface area contributed by atoms with Gasteiger partial charge in [0.25, 0.3) is 0 Å². The molecule has 0 bridgehead atoms. The van der Waals surface area contributed by atoms with Crippen LogP contribution in [0.4, 0.5) is 11.8 Å². The van der Waals surface area contributed by atoms with Crippen molar-refractivity contribution >= 4 is 11.8 Å². The molecule has 5 heteroatoms. The maximum atomic E-state index is 5.66. The van der Waals surface area contributed by atoms with Gasteiger partial charge in [-0.2, -0.15) is 4.98 Å². The molecule has 0 aliphatic carbocycles. The molecule has 0 spiro atoms. The second kappa shape index (κ2) is 5.82. The highest BCUT2D eigenvalue weighted by Gasteiger charge is 2.19. The van der Waals surface area contributed by atoms with Crippen molar-refractivity contribution in [3.05, 3.63) is 12.3 Å². The Bertz CT molecular complexity index is 352. The molecule has 1 saturated heterocycles. The number of aromatic nitrogens is 2. The number of likely N-dealkylation sites (N-methyl/N-ethyl adjacent to an activating group) is 1. The van der Waals surface area contributed by atoms with E-state index in [1.165, 1.54) is 6.42 Å². The van der Waals surface area contributed by atoms with Gasteiger partial charge in [0.2, 0.25) is 5.95 Å². The first kappa shape index (κ1) is 12.1. The van der Waals surface area contributed by atoms with Crippen LogP contribution in [0.25, 0.3) is 0 Å². The van der Waals surface area contributed by atoms with E-state index in [4.69, 9.17) is 4.74 Å². The summed E-state index contributed by atoms with van der Waals surface area (Å²) in [6.07, 6.45) is 4.46. The Morgan fingerprint density at radius 2 is 2.47 bits per heavy atom. The van der Waals surface area contributed by atoms with Crippen molar-refractivity contribution in [3.63, 3.8) is 0 Å². The summed E-state index contributed by atoms with van der Waals surface area (Å²) in [6, 6.07) is 1.94. The van der Waals surface area contributed by atoms with Gasteiger partial charge in [0.1, 0.15) is 5.82 Å². The smallest absolute Gasteiger partial charge is 0.224 e. The summed E-state index contributed by atoms with van der Waals surface area (Å²) in [5.74, 6) is 1.62. The van der Waals surface area contributed by atoms with Crippen molar-refractivity contribution in [3.8, 4) is 0 Å². The second-order valence-corrected chi connectivity index (χ2v) is 4.16. The summed E-state index contributed by atoms with van der Waals surface area (Å²) < 4.78 is 5.66. The minimum atomic E-state index is 0.350. The Hall–Kier alpha value is -1.36. The van der Waals surface area contributed by atoms with Gasteiger partial charge in [0.05, 0.1) is 6.10 Å². The highest BCUT2D eigenvalue weighted by Crippen LogP contribution is 2.17. The molecular formula is C12H20N4O. The topological polar surface area (TPSA) is 50.3 Å². The van der Waals surface area contributed by atoms with Crippen LogP contribution in [-0.2, 0) is 4.74 Å². The average molecular weight is 236 g/mol. The van der Waals surface area contributed by atoms with Crippen molar-refractivity contribution in [2.75, 3.05) is 37.0 Å². The van der Waals surface area contributed by atoms with E-state index < -0.39 is 0 Å². The summed E-state index contributed by atoms with van der Waals surface area (Å²) in [5, 5.41) is 2.96. The first-order valence-electron chi connectivity index (χ1n) is 6.21. The van der Waals surface area contributed by atoms with Crippen LogP contribution in [0.3, 0.4) is 0 Å². The molecule has 1 aromatic rings. The summed E-state index contributed by atoms with van der Waals surface area (Å²) in [6.45, 7) is 4.88.